The molecule has 1 saturated heterocycles. The summed E-state index contributed by atoms with van der Waals surface area (Å²) in [6.45, 7) is 3.37. The lowest BCUT2D eigenvalue weighted by atomic mass is 9.95. The van der Waals surface area contributed by atoms with Gasteiger partial charge in [-0.05, 0) is 48.9 Å². The third-order valence-electron chi connectivity index (χ3n) is 6.28. The highest BCUT2D eigenvalue weighted by atomic mass is 19.1. The summed E-state index contributed by atoms with van der Waals surface area (Å²) < 4.78 is 18.8. The number of carbonyl (C=O) groups is 1. The van der Waals surface area contributed by atoms with Gasteiger partial charge in [-0.1, -0.05) is 42.4 Å². The molecule has 6 nitrogen and oxygen atoms in total. The van der Waals surface area contributed by atoms with E-state index in [2.05, 4.69) is 34.2 Å². The number of fused-ring (bicyclic) bond motifs is 1. The van der Waals surface area contributed by atoms with E-state index in [-0.39, 0.29) is 29.3 Å². The molecule has 0 spiro atoms. The van der Waals surface area contributed by atoms with Crippen molar-refractivity contribution in [3.63, 3.8) is 0 Å². The average Bonchev–Trinajstić information content (AvgIpc) is 3.46. The number of likely N-dealkylation sites (tertiary alicyclic amines) is 1. The van der Waals surface area contributed by atoms with Crippen molar-refractivity contribution in [2.75, 3.05) is 13.1 Å². The maximum Gasteiger partial charge on any atom is 0.292 e. The Labute approximate surface area is 185 Å². The quantitative estimate of drug-likeness (QED) is 0.479. The monoisotopic (exact) mass is 432 g/mol. The number of aromatic amines is 1. The molecule has 3 heterocycles. The Morgan fingerprint density at radius 1 is 1.19 bits per heavy atom. The first-order chi connectivity index (χ1) is 15.6. The molecule has 5 rings (SSSR count). The van der Waals surface area contributed by atoms with Gasteiger partial charge in [0, 0.05) is 25.1 Å². The number of nitrogens with zero attached hydrogens (tertiary/aromatic N) is 3. The van der Waals surface area contributed by atoms with Crippen molar-refractivity contribution in [2.45, 2.75) is 38.0 Å². The van der Waals surface area contributed by atoms with E-state index >= 15 is 0 Å². The zero-order valence-electron chi connectivity index (χ0n) is 17.9. The topological polar surface area (TPSA) is 75.0 Å². The second kappa shape index (κ2) is 8.57. The van der Waals surface area contributed by atoms with Crippen LogP contribution in [0.3, 0.4) is 0 Å². The van der Waals surface area contributed by atoms with Gasteiger partial charge in [0.15, 0.2) is 0 Å². The number of amides is 1. The molecule has 0 radical (unpaired) electrons. The molecule has 1 unspecified atom stereocenters. The molecule has 0 saturated carbocycles. The van der Waals surface area contributed by atoms with Gasteiger partial charge in [-0.3, -0.25) is 4.79 Å². The van der Waals surface area contributed by atoms with E-state index in [1.54, 1.807) is 12.1 Å². The van der Waals surface area contributed by atoms with Crippen LogP contribution in [-0.4, -0.2) is 39.0 Å². The Bertz CT molecular complexity index is 1230. The summed E-state index contributed by atoms with van der Waals surface area (Å²) in [5.41, 5.74) is 3.49. The molecular weight excluding hydrogens is 407 g/mol. The molecule has 4 aromatic rings. The highest BCUT2D eigenvalue weighted by molar-refractivity contribution is 5.91. The van der Waals surface area contributed by atoms with Crippen LogP contribution in [0.5, 0.6) is 0 Å². The molecular formula is C25H25FN4O2. The lowest BCUT2D eigenvalue weighted by molar-refractivity contribution is 0.0669. The van der Waals surface area contributed by atoms with Crippen molar-refractivity contribution in [1.29, 1.82) is 0 Å². The third kappa shape index (κ3) is 4.15. The maximum atomic E-state index is 13.4. The Morgan fingerprint density at radius 3 is 2.75 bits per heavy atom. The van der Waals surface area contributed by atoms with Gasteiger partial charge in [0.2, 0.25) is 5.76 Å². The van der Waals surface area contributed by atoms with Crippen molar-refractivity contribution >= 4 is 16.9 Å². The molecule has 1 atom stereocenters. The predicted molar refractivity (Wildman–Crippen MR) is 119 cm³/mol. The number of carbonyl (C=O) groups excluding carboxylic acids is 1. The molecule has 1 N–H and O–H groups in total. The van der Waals surface area contributed by atoms with E-state index in [1.165, 1.54) is 17.7 Å². The van der Waals surface area contributed by atoms with Crippen LogP contribution in [0.15, 0.2) is 59.1 Å². The fourth-order valence-corrected chi connectivity index (χ4v) is 4.43. The minimum absolute atomic E-state index is 0.124. The van der Waals surface area contributed by atoms with Crippen LogP contribution in [0.1, 0.15) is 59.2 Å². The van der Waals surface area contributed by atoms with Gasteiger partial charge in [0.1, 0.15) is 11.6 Å². The average molecular weight is 432 g/mol. The second-order valence-corrected chi connectivity index (χ2v) is 8.55. The summed E-state index contributed by atoms with van der Waals surface area (Å²) in [5.74, 6) is 1.25. The number of rotatable bonds is 5. The van der Waals surface area contributed by atoms with Gasteiger partial charge in [0.05, 0.1) is 16.7 Å². The number of benzene rings is 2. The van der Waals surface area contributed by atoms with Crippen molar-refractivity contribution in [1.82, 2.24) is 20.0 Å². The minimum atomic E-state index is -0.280. The highest BCUT2D eigenvalue weighted by Crippen LogP contribution is 2.29. The molecule has 2 aromatic heterocycles. The number of halogens is 1. The van der Waals surface area contributed by atoms with Gasteiger partial charge < -0.3 is 14.4 Å². The molecule has 164 valence electrons. The van der Waals surface area contributed by atoms with Crippen LogP contribution in [0, 0.1) is 5.82 Å². The van der Waals surface area contributed by atoms with Crippen LogP contribution in [0.4, 0.5) is 4.39 Å². The number of H-pyrrole nitrogens is 1. The lowest BCUT2D eigenvalue weighted by Gasteiger charge is -2.30. The van der Waals surface area contributed by atoms with E-state index < -0.39 is 0 Å². The summed E-state index contributed by atoms with van der Waals surface area (Å²) in [4.78, 5) is 22.6. The first kappa shape index (κ1) is 20.4. The summed E-state index contributed by atoms with van der Waals surface area (Å²) in [6, 6.07) is 16.6. The third-order valence-corrected chi connectivity index (χ3v) is 6.28. The van der Waals surface area contributed by atoms with E-state index in [1.807, 2.05) is 23.1 Å². The second-order valence-electron chi connectivity index (χ2n) is 8.55. The lowest BCUT2D eigenvalue weighted by Crippen LogP contribution is -2.38. The Kier molecular flexibility index (Phi) is 5.47. The van der Waals surface area contributed by atoms with Crippen molar-refractivity contribution in [2.24, 2.45) is 0 Å². The van der Waals surface area contributed by atoms with Crippen molar-refractivity contribution in [3.8, 4) is 0 Å². The van der Waals surface area contributed by atoms with Crippen LogP contribution >= 0.6 is 0 Å². The number of aromatic nitrogens is 3. The van der Waals surface area contributed by atoms with Gasteiger partial charge in [-0.15, -0.1) is 0 Å². The van der Waals surface area contributed by atoms with Gasteiger partial charge in [0.25, 0.3) is 5.91 Å². The molecule has 1 fully saturated rings. The molecule has 0 aliphatic carbocycles. The number of hydrogen-bond donors (Lipinski definition) is 1. The largest absolute Gasteiger partial charge is 0.351 e. The standard InChI is InChI=1S/C25H25FN4O2/c1-16(17-5-3-2-4-6-17)13-20-15-23(32-29-20)25(31)30-11-9-18(10-12-30)24-27-21-8-7-19(26)14-22(21)28-24/h2-8,14-16,18H,9-13H2,1H3,(H,27,28). The van der Waals surface area contributed by atoms with Crippen molar-refractivity contribution in [3.05, 3.63) is 83.3 Å². The van der Waals surface area contributed by atoms with E-state index in [4.69, 9.17) is 4.52 Å². The molecule has 1 aliphatic rings. The Balaban J connectivity index is 1.20. The van der Waals surface area contributed by atoms with Crippen molar-refractivity contribution < 1.29 is 13.7 Å². The zero-order chi connectivity index (χ0) is 22.1. The summed E-state index contributed by atoms with van der Waals surface area (Å²) in [5, 5.41) is 4.12. The SMILES string of the molecule is CC(Cc1cc(C(=O)N2CCC(c3nc4ccc(F)cc4[nH]3)CC2)on1)c1ccccc1. The Hall–Kier alpha value is -3.48. The molecule has 2 aromatic carbocycles. The van der Waals surface area contributed by atoms with Crippen LogP contribution in [0.2, 0.25) is 0 Å². The summed E-state index contributed by atoms with van der Waals surface area (Å²) >= 11 is 0. The van der Waals surface area contributed by atoms with Crippen LogP contribution in [-0.2, 0) is 6.42 Å². The molecule has 1 aliphatic heterocycles. The summed E-state index contributed by atoms with van der Waals surface area (Å²) in [7, 11) is 0. The minimum Gasteiger partial charge on any atom is -0.351 e. The number of hydrogen-bond acceptors (Lipinski definition) is 4. The highest BCUT2D eigenvalue weighted by Gasteiger charge is 2.28. The van der Waals surface area contributed by atoms with Crippen LogP contribution in [0.25, 0.3) is 11.0 Å². The van der Waals surface area contributed by atoms with E-state index in [9.17, 15) is 9.18 Å². The predicted octanol–water partition coefficient (Wildman–Crippen LogP) is 5.06. The van der Waals surface area contributed by atoms with Crippen LogP contribution < -0.4 is 0 Å². The number of piperidine rings is 1. The smallest absolute Gasteiger partial charge is 0.292 e. The number of imidazole rings is 1. The normalized spacial score (nSPS) is 15.9. The fraction of sp³-hybridized carbons (Fsp3) is 0.320. The molecule has 32 heavy (non-hydrogen) atoms. The van der Waals surface area contributed by atoms with Gasteiger partial charge >= 0.3 is 0 Å². The van der Waals surface area contributed by atoms with Gasteiger partial charge in [-0.25, -0.2) is 9.37 Å². The Morgan fingerprint density at radius 2 is 1.97 bits per heavy atom. The number of nitrogens with one attached hydrogen (secondary N) is 1. The van der Waals surface area contributed by atoms with E-state index in [0.29, 0.717) is 18.6 Å². The molecule has 0 bridgehead atoms. The summed E-state index contributed by atoms with van der Waals surface area (Å²) in [6.07, 6.45) is 2.30. The molecule has 7 heteroatoms. The molecule has 1 amide bonds. The van der Waals surface area contributed by atoms with E-state index in [0.717, 1.165) is 36.3 Å². The van der Waals surface area contributed by atoms with Gasteiger partial charge in [-0.2, -0.15) is 0 Å². The first-order valence-corrected chi connectivity index (χ1v) is 11.0. The first-order valence-electron chi connectivity index (χ1n) is 11.0. The maximum absolute atomic E-state index is 13.4. The zero-order valence-corrected chi connectivity index (χ0v) is 17.9. The fourth-order valence-electron chi connectivity index (χ4n) is 4.43.